The highest BCUT2D eigenvalue weighted by Crippen LogP contribution is 2.25. The van der Waals surface area contributed by atoms with Crippen molar-refractivity contribution in [2.75, 3.05) is 0 Å². The minimum absolute atomic E-state index is 0.179. The van der Waals surface area contributed by atoms with Crippen molar-refractivity contribution in [3.05, 3.63) is 28.6 Å². The molecule has 0 amide bonds. The van der Waals surface area contributed by atoms with E-state index in [1.807, 2.05) is 0 Å². The fourth-order valence-electron chi connectivity index (χ4n) is 2.50. The Bertz CT molecular complexity index is 572. The molecule has 2 aromatic rings. The summed E-state index contributed by atoms with van der Waals surface area (Å²) in [6.45, 7) is 4.40. The molecule has 0 aliphatic heterocycles. The van der Waals surface area contributed by atoms with Crippen LogP contribution < -0.4 is 5.56 Å². The van der Waals surface area contributed by atoms with Crippen LogP contribution in [0.25, 0.3) is 5.65 Å². The number of nitrogens with one attached hydrogen (secondary N) is 1. The topological polar surface area (TPSA) is 63.0 Å². The number of H-pyrrole nitrogens is 1. The lowest BCUT2D eigenvalue weighted by Gasteiger charge is -2.13. The van der Waals surface area contributed by atoms with Crippen LogP contribution in [0.4, 0.5) is 0 Å². The lowest BCUT2D eigenvalue weighted by atomic mass is 9.95. The zero-order valence-corrected chi connectivity index (χ0v) is 11.7. The van der Waals surface area contributed by atoms with E-state index < -0.39 is 0 Å². The van der Waals surface area contributed by atoms with Gasteiger partial charge in [0.05, 0.1) is 11.9 Å². The van der Waals surface area contributed by atoms with Crippen LogP contribution in [-0.2, 0) is 0 Å². The molecule has 0 radical (unpaired) electrons. The summed E-state index contributed by atoms with van der Waals surface area (Å²) in [5.41, 5.74) is 1.27. The average molecular weight is 262 g/mol. The van der Waals surface area contributed by atoms with Crippen molar-refractivity contribution < 1.29 is 0 Å². The van der Waals surface area contributed by atoms with E-state index >= 15 is 0 Å². The Morgan fingerprint density at radius 1 is 1.32 bits per heavy atom. The molecule has 0 aliphatic carbocycles. The molecule has 1 N–H and O–H groups in total. The number of aromatic amines is 1. The maximum Gasteiger partial charge on any atom is 0.294 e. The van der Waals surface area contributed by atoms with Gasteiger partial charge in [0.1, 0.15) is 6.33 Å². The first-order valence-corrected chi connectivity index (χ1v) is 7.19. The maximum absolute atomic E-state index is 11.6. The molecule has 2 heterocycles. The van der Waals surface area contributed by atoms with Crippen molar-refractivity contribution in [3.8, 4) is 0 Å². The molecule has 0 aliphatic rings. The molecule has 0 fully saturated rings. The molecule has 0 aromatic carbocycles. The van der Waals surface area contributed by atoms with Gasteiger partial charge in [-0.15, -0.1) is 0 Å². The van der Waals surface area contributed by atoms with Gasteiger partial charge in [0.25, 0.3) is 5.56 Å². The molecule has 0 spiro atoms. The SMILES string of the molecule is CCCCCCC(CC)c1cnc2c(=O)[nH]cnn12. The highest BCUT2D eigenvalue weighted by Gasteiger charge is 2.16. The number of hydrogen-bond acceptors (Lipinski definition) is 3. The van der Waals surface area contributed by atoms with E-state index in [9.17, 15) is 4.79 Å². The molecule has 0 bridgehead atoms. The Labute approximate surface area is 113 Å². The number of nitrogens with zero attached hydrogens (tertiary/aromatic N) is 3. The first-order valence-electron chi connectivity index (χ1n) is 7.19. The molecule has 1 unspecified atom stereocenters. The van der Waals surface area contributed by atoms with E-state index in [-0.39, 0.29) is 5.56 Å². The van der Waals surface area contributed by atoms with Crippen LogP contribution >= 0.6 is 0 Å². The summed E-state index contributed by atoms with van der Waals surface area (Å²) in [4.78, 5) is 18.4. The van der Waals surface area contributed by atoms with Crippen LogP contribution in [0.2, 0.25) is 0 Å². The van der Waals surface area contributed by atoms with Gasteiger partial charge in [0, 0.05) is 5.92 Å². The van der Waals surface area contributed by atoms with Gasteiger partial charge in [-0.3, -0.25) is 4.79 Å². The van der Waals surface area contributed by atoms with Crippen LogP contribution in [0.1, 0.15) is 64.0 Å². The minimum atomic E-state index is -0.179. The Morgan fingerprint density at radius 2 is 2.16 bits per heavy atom. The molecular weight excluding hydrogens is 240 g/mol. The number of hydrogen-bond donors (Lipinski definition) is 1. The van der Waals surface area contributed by atoms with Crippen LogP contribution in [0.3, 0.4) is 0 Å². The third-order valence-electron chi connectivity index (χ3n) is 3.65. The molecule has 2 aromatic heterocycles. The molecule has 19 heavy (non-hydrogen) atoms. The lowest BCUT2D eigenvalue weighted by Crippen LogP contribution is -2.13. The molecule has 104 valence electrons. The van der Waals surface area contributed by atoms with Gasteiger partial charge >= 0.3 is 0 Å². The molecule has 2 rings (SSSR count). The second-order valence-electron chi connectivity index (χ2n) is 4.99. The Morgan fingerprint density at radius 3 is 2.89 bits per heavy atom. The van der Waals surface area contributed by atoms with E-state index in [1.165, 1.54) is 32.0 Å². The summed E-state index contributed by atoms with van der Waals surface area (Å²) in [6, 6.07) is 0. The molecule has 5 heteroatoms. The highest BCUT2D eigenvalue weighted by molar-refractivity contribution is 5.36. The summed E-state index contributed by atoms with van der Waals surface area (Å²) in [7, 11) is 0. The van der Waals surface area contributed by atoms with E-state index in [1.54, 1.807) is 10.7 Å². The second kappa shape index (κ2) is 6.50. The Balaban J connectivity index is 2.16. The quantitative estimate of drug-likeness (QED) is 0.780. The van der Waals surface area contributed by atoms with Crippen LogP contribution in [-0.4, -0.2) is 19.6 Å². The summed E-state index contributed by atoms with van der Waals surface area (Å²) in [5, 5.41) is 4.21. The smallest absolute Gasteiger partial charge is 0.294 e. The zero-order valence-electron chi connectivity index (χ0n) is 11.7. The van der Waals surface area contributed by atoms with Crippen molar-refractivity contribution in [2.24, 2.45) is 0 Å². The van der Waals surface area contributed by atoms with Crippen molar-refractivity contribution >= 4 is 5.65 Å². The number of aromatic nitrogens is 4. The molecule has 1 atom stereocenters. The standard InChI is InChI=1S/C14H22N4O/c1-3-5-6-7-8-11(4-2)12-9-15-13-14(19)16-10-17-18(12)13/h9-11H,3-8H2,1-2H3,(H,16,17,19). The second-order valence-corrected chi connectivity index (χ2v) is 4.99. The number of imidazole rings is 1. The summed E-state index contributed by atoms with van der Waals surface area (Å²) in [5.74, 6) is 0.432. The lowest BCUT2D eigenvalue weighted by molar-refractivity contribution is 0.524. The fraction of sp³-hybridized carbons (Fsp3) is 0.643. The van der Waals surface area contributed by atoms with Crippen molar-refractivity contribution in [3.63, 3.8) is 0 Å². The monoisotopic (exact) mass is 262 g/mol. The first-order chi connectivity index (χ1) is 9.27. The highest BCUT2D eigenvalue weighted by atomic mass is 16.1. The van der Waals surface area contributed by atoms with Gasteiger partial charge in [0.2, 0.25) is 5.65 Å². The van der Waals surface area contributed by atoms with Gasteiger partial charge in [-0.25, -0.2) is 9.50 Å². The van der Waals surface area contributed by atoms with E-state index in [2.05, 4.69) is 28.9 Å². The fourth-order valence-corrected chi connectivity index (χ4v) is 2.50. The Kier molecular flexibility index (Phi) is 4.71. The van der Waals surface area contributed by atoms with E-state index in [4.69, 9.17) is 0 Å². The van der Waals surface area contributed by atoms with Crippen LogP contribution in [0, 0.1) is 0 Å². The average Bonchev–Trinajstić information content (AvgIpc) is 2.84. The van der Waals surface area contributed by atoms with Gasteiger partial charge in [-0.2, -0.15) is 5.10 Å². The maximum atomic E-state index is 11.6. The molecule has 0 saturated heterocycles. The molecule has 5 nitrogen and oxygen atoms in total. The summed E-state index contributed by atoms with van der Waals surface area (Å²) in [6.07, 6.45) is 10.5. The van der Waals surface area contributed by atoms with Gasteiger partial charge < -0.3 is 4.98 Å². The van der Waals surface area contributed by atoms with Crippen molar-refractivity contribution in [1.82, 2.24) is 19.6 Å². The van der Waals surface area contributed by atoms with Gasteiger partial charge in [0.15, 0.2) is 0 Å². The van der Waals surface area contributed by atoms with Crippen molar-refractivity contribution in [2.45, 2.75) is 58.3 Å². The largest absolute Gasteiger partial charge is 0.308 e. The van der Waals surface area contributed by atoms with E-state index in [0.717, 1.165) is 18.5 Å². The van der Waals surface area contributed by atoms with Crippen molar-refractivity contribution in [1.29, 1.82) is 0 Å². The number of fused-ring (bicyclic) bond motifs is 1. The van der Waals surface area contributed by atoms with Crippen LogP contribution in [0.5, 0.6) is 0 Å². The normalized spacial score (nSPS) is 12.9. The summed E-state index contributed by atoms with van der Waals surface area (Å²) < 4.78 is 1.69. The Hall–Kier alpha value is -1.65. The van der Waals surface area contributed by atoms with E-state index in [0.29, 0.717) is 11.6 Å². The third kappa shape index (κ3) is 3.03. The van der Waals surface area contributed by atoms with Crippen LogP contribution in [0.15, 0.2) is 17.3 Å². The number of unbranched alkanes of at least 4 members (excludes halogenated alkanes) is 3. The third-order valence-corrected chi connectivity index (χ3v) is 3.65. The van der Waals surface area contributed by atoms with Gasteiger partial charge in [-0.05, 0) is 12.8 Å². The predicted octanol–water partition coefficient (Wildman–Crippen LogP) is 2.88. The van der Waals surface area contributed by atoms with Gasteiger partial charge in [-0.1, -0.05) is 39.5 Å². The molecule has 0 saturated carbocycles. The summed E-state index contributed by atoms with van der Waals surface area (Å²) >= 11 is 0. The molecular formula is C14H22N4O. The minimum Gasteiger partial charge on any atom is -0.308 e. The zero-order chi connectivity index (χ0) is 13.7. The first kappa shape index (κ1) is 13.8. The predicted molar refractivity (Wildman–Crippen MR) is 75.4 cm³/mol. The number of rotatable bonds is 7.